The van der Waals surface area contributed by atoms with E-state index in [-0.39, 0.29) is 18.4 Å². The van der Waals surface area contributed by atoms with Gasteiger partial charge in [-0.2, -0.15) is 0 Å². The van der Waals surface area contributed by atoms with E-state index in [1.165, 1.54) is 28.4 Å². The normalized spacial score (nSPS) is 11.5. The van der Waals surface area contributed by atoms with E-state index >= 15 is 0 Å². The van der Waals surface area contributed by atoms with E-state index in [0.717, 1.165) is 0 Å². The van der Waals surface area contributed by atoms with Crippen LogP contribution in [0.15, 0.2) is 12.1 Å². The minimum Gasteiger partial charge on any atom is -0.493 e. The Morgan fingerprint density at radius 3 is 2.04 bits per heavy atom. The van der Waals surface area contributed by atoms with Gasteiger partial charge in [-0.1, -0.05) is 6.92 Å². The number of benzene rings is 1. The average molecular weight is 383 g/mol. The molecule has 27 heavy (non-hydrogen) atoms. The van der Waals surface area contributed by atoms with Crippen LogP contribution in [0.4, 0.5) is 0 Å². The maximum Gasteiger partial charge on any atom is 0.310 e. The molecule has 0 N–H and O–H groups in total. The van der Waals surface area contributed by atoms with Gasteiger partial charge in [-0.25, -0.2) is 0 Å². The van der Waals surface area contributed by atoms with E-state index in [0.29, 0.717) is 42.4 Å². The number of esters is 1. The van der Waals surface area contributed by atoms with Crippen LogP contribution in [-0.2, 0) is 14.3 Å². The largest absolute Gasteiger partial charge is 0.493 e. The maximum atomic E-state index is 13.1. The smallest absolute Gasteiger partial charge is 0.310 e. The Kier molecular flexibility index (Phi) is 9.42. The Balaban J connectivity index is 3.17. The third kappa shape index (κ3) is 6.02. The number of hydrogen-bond acceptors (Lipinski definition) is 7. The molecule has 0 heterocycles. The predicted octanol–water partition coefficient (Wildman–Crippen LogP) is 2.00. The second-order valence-corrected chi connectivity index (χ2v) is 5.94. The van der Waals surface area contributed by atoms with E-state index in [1.807, 2.05) is 0 Å². The molecular formula is C19H29NO7. The lowest BCUT2D eigenvalue weighted by molar-refractivity contribution is -0.145. The molecule has 0 aliphatic rings. The summed E-state index contributed by atoms with van der Waals surface area (Å²) in [5.41, 5.74) is 0.374. The lowest BCUT2D eigenvalue weighted by Gasteiger charge is -2.25. The molecule has 0 radical (unpaired) electrons. The summed E-state index contributed by atoms with van der Waals surface area (Å²) in [5.74, 6) is 0.107. The molecule has 1 atom stereocenters. The zero-order valence-electron chi connectivity index (χ0n) is 16.9. The minimum absolute atomic E-state index is 0.228. The van der Waals surface area contributed by atoms with Crippen molar-refractivity contribution in [2.45, 2.75) is 13.3 Å². The average Bonchev–Trinajstić information content (AvgIpc) is 2.70. The number of methoxy groups -OCH3 is 5. The third-order valence-corrected chi connectivity index (χ3v) is 4.07. The molecule has 0 saturated heterocycles. The molecule has 1 unspecified atom stereocenters. The molecule has 8 nitrogen and oxygen atoms in total. The van der Waals surface area contributed by atoms with Crippen LogP contribution in [0, 0.1) is 5.92 Å². The van der Waals surface area contributed by atoms with Gasteiger partial charge < -0.3 is 28.6 Å². The van der Waals surface area contributed by atoms with Gasteiger partial charge in [-0.05, 0) is 18.6 Å². The van der Waals surface area contributed by atoms with Gasteiger partial charge in [0.1, 0.15) is 0 Å². The summed E-state index contributed by atoms with van der Waals surface area (Å²) in [6, 6.07) is 3.19. The molecule has 0 fully saturated rings. The van der Waals surface area contributed by atoms with E-state index in [1.54, 1.807) is 31.1 Å². The second-order valence-electron chi connectivity index (χ2n) is 5.94. The third-order valence-electron chi connectivity index (χ3n) is 4.07. The molecule has 1 aromatic rings. The fourth-order valence-electron chi connectivity index (χ4n) is 2.67. The number of carbonyl (C=O) groups is 2. The van der Waals surface area contributed by atoms with Crippen LogP contribution in [0.5, 0.6) is 17.2 Å². The summed E-state index contributed by atoms with van der Waals surface area (Å²) < 4.78 is 25.8. The fraction of sp³-hybridized carbons (Fsp3) is 0.579. The highest BCUT2D eigenvalue weighted by molar-refractivity contribution is 5.96. The Bertz CT molecular complexity index is 607. The molecule has 0 saturated carbocycles. The fourth-order valence-corrected chi connectivity index (χ4v) is 2.67. The van der Waals surface area contributed by atoms with Gasteiger partial charge in [0.05, 0.1) is 34.4 Å². The Hall–Kier alpha value is -2.48. The first-order valence-electron chi connectivity index (χ1n) is 8.59. The van der Waals surface area contributed by atoms with Gasteiger partial charge in [0.25, 0.3) is 5.91 Å². The van der Waals surface area contributed by atoms with Crippen molar-refractivity contribution in [2.24, 2.45) is 5.92 Å². The highest BCUT2D eigenvalue weighted by atomic mass is 16.5. The number of rotatable bonds is 11. The predicted molar refractivity (Wildman–Crippen MR) is 99.7 cm³/mol. The van der Waals surface area contributed by atoms with Crippen LogP contribution in [-0.4, -0.2) is 72.0 Å². The molecule has 1 aromatic carbocycles. The van der Waals surface area contributed by atoms with Crippen molar-refractivity contribution in [1.29, 1.82) is 0 Å². The van der Waals surface area contributed by atoms with E-state index in [4.69, 9.17) is 23.7 Å². The van der Waals surface area contributed by atoms with Gasteiger partial charge in [0, 0.05) is 32.4 Å². The molecular weight excluding hydrogens is 354 g/mol. The van der Waals surface area contributed by atoms with Crippen molar-refractivity contribution < 1.29 is 33.3 Å². The molecule has 1 rings (SSSR count). The first kappa shape index (κ1) is 22.6. The van der Waals surface area contributed by atoms with Gasteiger partial charge in [-0.3, -0.25) is 9.59 Å². The molecule has 0 spiro atoms. The van der Waals surface area contributed by atoms with Crippen molar-refractivity contribution in [3.8, 4) is 17.2 Å². The van der Waals surface area contributed by atoms with Crippen molar-refractivity contribution in [3.05, 3.63) is 17.7 Å². The molecule has 152 valence electrons. The highest BCUT2D eigenvalue weighted by Gasteiger charge is 2.24. The number of hydrogen-bond donors (Lipinski definition) is 0. The lowest BCUT2D eigenvalue weighted by Crippen LogP contribution is -2.38. The monoisotopic (exact) mass is 383 g/mol. The summed E-state index contributed by atoms with van der Waals surface area (Å²) in [5, 5.41) is 0. The van der Waals surface area contributed by atoms with Gasteiger partial charge >= 0.3 is 5.97 Å². The summed E-state index contributed by atoms with van der Waals surface area (Å²) in [6.45, 7) is 2.89. The molecule has 1 amide bonds. The SMILES string of the molecule is COCCCN(CC(C)C(=O)OC)C(=O)c1cc(OC)c(OC)c(OC)c1. The van der Waals surface area contributed by atoms with Crippen LogP contribution < -0.4 is 14.2 Å². The zero-order chi connectivity index (χ0) is 20.4. The van der Waals surface area contributed by atoms with Crippen LogP contribution >= 0.6 is 0 Å². The van der Waals surface area contributed by atoms with E-state index < -0.39 is 5.92 Å². The van der Waals surface area contributed by atoms with Gasteiger partial charge in [0.2, 0.25) is 5.75 Å². The van der Waals surface area contributed by atoms with Crippen molar-refractivity contribution in [2.75, 3.05) is 55.2 Å². The number of amides is 1. The van der Waals surface area contributed by atoms with Crippen LogP contribution in [0.3, 0.4) is 0 Å². The van der Waals surface area contributed by atoms with Gasteiger partial charge in [-0.15, -0.1) is 0 Å². The molecule has 8 heteroatoms. The zero-order valence-corrected chi connectivity index (χ0v) is 16.9. The van der Waals surface area contributed by atoms with Gasteiger partial charge in [0.15, 0.2) is 11.5 Å². The molecule has 0 bridgehead atoms. The van der Waals surface area contributed by atoms with Crippen LogP contribution in [0.1, 0.15) is 23.7 Å². The van der Waals surface area contributed by atoms with Crippen molar-refractivity contribution in [3.63, 3.8) is 0 Å². The van der Waals surface area contributed by atoms with Crippen LogP contribution in [0.2, 0.25) is 0 Å². The summed E-state index contributed by atoms with van der Waals surface area (Å²) in [7, 11) is 7.40. The summed E-state index contributed by atoms with van der Waals surface area (Å²) in [4.78, 5) is 26.5. The Morgan fingerprint density at radius 2 is 1.59 bits per heavy atom. The van der Waals surface area contributed by atoms with E-state index in [9.17, 15) is 9.59 Å². The van der Waals surface area contributed by atoms with Crippen molar-refractivity contribution >= 4 is 11.9 Å². The summed E-state index contributed by atoms with van der Waals surface area (Å²) in [6.07, 6.45) is 0.639. The molecule has 0 aliphatic carbocycles. The lowest BCUT2D eigenvalue weighted by atomic mass is 10.1. The molecule has 0 aliphatic heterocycles. The first-order valence-corrected chi connectivity index (χ1v) is 8.59. The summed E-state index contributed by atoms with van der Waals surface area (Å²) >= 11 is 0. The Morgan fingerprint density at radius 1 is 1.00 bits per heavy atom. The second kappa shape index (κ2) is 11.3. The first-order chi connectivity index (χ1) is 12.9. The highest BCUT2D eigenvalue weighted by Crippen LogP contribution is 2.38. The molecule has 0 aromatic heterocycles. The maximum absolute atomic E-state index is 13.1. The Labute approximate surface area is 160 Å². The van der Waals surface area contributed by atoms with E-state index in [2.05, 4.69) is 0 Å². The quantitative estimate of drug-likeness (QED) is 0.427. The topological polar surface area (TPSA) is 83.5 Å². The number of ether oxygens (including phenoxy) is 5. The van der Waals surface area contributed by atoms with Crippen molar-refractivity contribution in [1.82, 2.24) is 4.90 Å². The minimum atomic E-state index is -0.455. The number of carbonyl (C=O) groups excluding carboxylic acids is 2. The standard InChI is InChI=1S/C19H29NO7/c1-13(19(22)27-6)12-20(8-7-9-23-2)18(21)14-10-15(24-3)17(26-5)16(11-14)25-4/h10-11,13H,7-9,12H2,1-6H3. The number of nitrogens with zero attached hydrogens (tertiary/aromatic N) is 1. The van der Waals surface area contributed by atoms with Crippen LogP contribution in [0.25, 0.3) is 0 Å².